The summed E-state index contributed by atoms with van der Waals surface area (Å²) in [5, 5.41) is 2.68. The molecule has 0 bridgehead atoms. The molecule has 1 N–H and O–H groups in total. The molecule has 0 spiro atoms. The van der Waals surface area contributed by atoms with Crippen LogP contribution in [0.25, 0.3) is 0 Å². The van der Waals surface area contributed by atoms with Crippen LogP contribution >= 0.6 is 0 Å². The zero-order valence-electron chi connectivity index (χ0n) is 19.3. The molecule has 172 valence electrons. The molecule has 1 saturated carbocycles. The van der Waals surface area contributed by atoms with Crippen molar-refractivity contribution in [3.63, 3.8) is 0 Å². The number of sulfone groups is 1. The van der Waals surface area contributed by atoms with Crippen molar-refractivity contribution in [3.8, 4) is 0 Å². The highest BCUT2D eigenvalue weighted by Crippen LogP contribution is 2.34. The second kappa shape index (κ2) is 9.36. The van der Waals surface area contributed by atoms with E-state index in [1.807, 2.05) is 18.2 Å². The van der Waals surface area contributed by atoms with Gasteiger partial charge in [-0.05, 0) is 106 Å². The van der Waals surface area contributed by atoms with Crippen molar-refractivity contribution in [1.29, 1.82) is 0 Å². The van der Waals surface area contributed by atoms with E-state index in [4.69, 9.17) is 0 Å². The summed E-state index contributed by atoms with van der Waals surface area (Å²) in [5.74, 6) is 0.868. The van der Waals surface area contributed by atoms with Gasteiger partial charge >= 0.3 is 0 Å². The Morgan fingerprint density at radius 2 is 1.69 bits per heavy atom. The van der Waals surface area contributed by atoms with E-state index in [2.05, 4.69) is 29.3 Å². The number of piperidine rings is 1. The lowest BCUT2D eigenvalue weighted by atomic mass is 9.86. The van der Waals surface area contributed by atoms with Gasteiger partial charge in [-0.1, -0.05) is 18.2 Å². The molecule has 2 aromatic rings. The van der Waals surface area contributed by atoms with E-state index in [0.717, 1.165) is 56.6 Å². The standard InChI is InChI=1S/C26H34N2O3S/c1-18(2)32(30,31)24-10-5-20(6-11-24)17-28-14-12-21(13-15-28)25-16-23(9-4-19(25)3)27-26(29)22-7-8-22/h4-6,9-11,16,18,21-22H,7-8,12-15,17H2,1-3H3,(H,27,29). The minimum atomic E-state index is -3.22. The molecule has 1 amide bonds. The highest BCUT2D eigenvalue weighted by molar-refractivity contribution is 7.92. The van der Waals surface area contributed by atoms with Crippen molar-refractivity contribution in [3.05, 3.63) is 59.2 Å². The average molecular weight is 455 g/mol. The van der Waals surface area contributed by atoms with Gasteiger partial charge in [0, 0.05) is 18.2 Å². The first-order valence-electron chi connectivity index (χ1n) is 11.7. The number of amides is 1. The van der Waals surface area contributed by atoms with E-state index in [1.54, 1.807) is 26.0 Å². The van der Waals surface area contributed by atoms with Gasteiger partial charge in [-0.15, -0.1) is 0 Å². The maximum Gasteiger partial charge on any atom is 0.227 e. The lowest BCUT2D eigenvalue weighted by molar-refractivity contribution is -0.117. The van der Waals surface area contributed by atoms with E-state index in [1.165, 1.54) is 11.1 Å². The Morgan fingerprint density at radius 1 is 1.03 bits per heavy atom. The molecule has 0 radical (unpaired) electrons. The Balaban J connectivity index is 1.35. The van der Waals surface area contributed by atoms with Crippen molar-refractivity contribution < 1.29 is 13.2 Å². The van der Waals surface area contributed by atoms with Crippen LogP contribution in [0.2, 0.25) is 0 Å². The van der Waals surface area contributed by atoms with Crippen LogP contribution in [0.3, 0.4) is 0 Å². The summed E-state index contributed by atoms with van der Waals surface area (Å²) in [6.07, 6.45) is 4.19. The van der Waals surface area contributed by atoms with Gasteiger partial charge in [0.1, 0.15) is 0 Å². The Kier molecular flexibility index (Phi) is 6.72. The van der Waals surface area contributed by atoms with Gasteiger partial charge in [-0.2, -0.15) is 0 Å². The number of hydrogen-bond donors (Lipinski definition) is 1. The predicted molar refractivity (Wildman–Crippen MR) is 129 cm³/mol. The van der Waals surface area contributed by atoms with Crippen LogP contribution in [0.1, 0.15) is 62.1 Å². The fourth-order valence-electron chi connectivity index (χ4n) is 4.46. The van der Waals surface area contributed by atoms with E-state index in [-0.39, 0.29) is 11.8 Å². The molecular weight excluding hydrogens is 420 g/mol. The second-order valence-electron chi connectivity index (χ2n) is 9.62. The minimum Gasteiger partial charge on any atom is -0.326 e. The largest absolute Gasteiger partial charge is 0.326 e. The van der Waals surface area contributed by atoms with E-state index >= 15 is 0 Å². The lowest BCUT2D eigenvalue weighted by Crippen LogP contribution is -2.32. The third-order valence-corrected chi connectivity index (χ3v) is 8.97. The number of nitrogens with zero attached hydrogens (tertiary/aromatic N) is 1. The number of carbonyl (C=O) groups is 1. The SMILES string of the molecule is Cc1ccc(NC(=O)C2CC2)cc1C1CCN(Cc2ccc(S(=O)(=O)C(C)C)cc2)CC1. The third kappa shape index (κ3) is 5.24. The summed E-state index contributed by atoms with van der Waals surface area (Å²) in [4.78, 5) is 15.0. The quantitative estimate of drug-likeness (QED) is 0.646. The molecule has 1 aliphatic carbocycles. The third-order valence-electron chi connectivity index (χ3n) is 6.80. The highest BCUT2D eigenvalue weighted by Gasteiger charge is 2.30. The Morgan fingerprint density at radius 3 is 2.28 bits per heavy atom. The first kappa shape index (κ1) is 23.0. The molecule has 4 rings (SSSR count). The van der Waals surface area contributed by atoms with Gasteiger partial charge in [-0.25, -0.2) is 8.42 Å². The highest BCUT2D eigenvalue weighted by atomic mass is 32.2. The van der Waals surface area contributed by atoms with Crippen LogP contribution in [-0.4, -0.2) is 37.6 Å². The molecule has 2 aliphatic rings. The molecule has 6 heteroatoms. The van der Waals surface area contributed by atoms with Crippen molar-refractivity contribution in [1.82, 2.24) is 4.90 Å². The van der Waals surface area contributed by atoms with Gasteiger partial charge in [0.05, 0.1) is 10.1 Å². The monoisotopic (exact) mass is 454 g/mol. The fourth-order valence-corrected chi connectivity index (χ4v) is 5.52. The van der Waals surface area contributed by atoms with Gasteiger partial charge in [0.25, 0.3) is 0 Å². The molecule has 2 aromatic carbocycles. The van der Waals surface area contributed by atoms with Crippen LogP contribution in [0.15, 0.2) is 47.4 Å². The summed E-state index contributed by atoms with van der Waals surface area (Å²) in [7, 11) is -3.22. The first-order valence-corrected chi connectivity index (χ1v) is 13.3. The molecule has 1 heterocycles. The minimum absolute atomic E-state index is 0.154. The molecular formula is C26H34N2O3S. The summed E-state index contributed by atoms with van der Waals surface area (Å²) in [6.45, 7) is 8.44. The number of aryl methyl sites for hydroxylation is 1. The summed E-state index contributed by atoms with van der Waals surface area (Å²) >= 11 is 0. The summed E-state index contributed by atoms with van der Waals surface area (Å²) in [6, 6.07) is 13.7. The van der Waals surface area contributed by atoms with Crippen molar-refractivity contribution >= 4 is 21.4 Å². The number of rotatable bonds is 7. The maximum absolute atomic E-state index is 12.3. The van der Waals surface area contributed by atoms with Gasteiger partial charge in [-0.3, -0.25) is 9.69 Å². The van der Waals surface area contributed by atoms with Crippen LogP contribution in [0, 0.1) is 12.8 Å². The Labute approximate surface area is 192 Å². The van der Waals surface area contributed by atoms with Crippen molar-refractivity contribution in [2.24, 2.45) is 5.92 Å². The number of benzene rings is 2. The van der Waals surface area contributed by atoms with E-state index < -0.39 is 15.1 Å². The van der Waals surface area contributed by atoms with E-state index in [0.29, 0.717) is 10.8 Å². The molecule has 5 nitrogen and oxygen atoms in total. The smallest absolute Gasteiger partial charge is 0.227 e. The number of likely N-dealkylation sites (tertiary alicyclic amines) is 1. The first-order chi connectivity index (χ1) is 15.2. The summed E-state index contributed by atoms with van der Waals surface area (Å²) in [5.41, 5.74) is 4.70. The number of anilines is 1. The Hall–Kier alpha value is -2.18. The second-order valence-corrected chi connectivity index (χ2v) is 12.1. The number of nitrogens with one attached hydrogen (secondary N) is 1. The zero-order chi connectivity index (χ0) is 22.9. The molecule has 1 aliphatic heterocycles. The summed E-state index contributed by atoms with van der Waals surface area (Å²) < 4.78 is 24.6. The molecule has 2 fully saturated rings. The predicted octanol–water partition coefficient (Wildman–Crippen LogP) is 4.91. The molecule has 0 aromatic heterocycles. The number of hydrogen-bond acceptors (Lipinski definition) is 4. The topological polar surface area (TPSA) is 66.5 Å². The van der Waals surface area contributed by atoms with Crippen LogP contribution in [0.5, 0.6) is 0 Å². The van der Waals surface area contributed by atoms with Crippen molar-refractivity contribution in [2.45, 2.75) is 69.1 Å². The van der Waals surface area contributed by atoms with Crippen LogP contribution in [0.4, 0.5) is 5.69 Å². The molecule has 0 unspecified atom stereocenters. The fraction of sp³-hybridized carbons (Fsp3) is 0.500. The lowest BCUT2D eigenvalue weighted by Gasteiger charge is -2.33. The molecule has 1 saturated heterocycles. The normalized spacial score (nSPS) is 18.1. The van der Waals surface area contributed by atoms with Gasteiger partial charge in [0.2, 0.25) is 5.91 Å². The van der Waals surface area contributed by atoms with E-state index in [9.17, 15) is 13.2 Å². The van der Waals surface area contributed by atoms with Crippen LogP contribution in [-0.2, 0) is 21.2 Å². The van der Waals surface area contributed by atoms with Crippen molar-refractivity contribution in [2.75, 3.05) is 18.4 Å². The zero-order valence-corrected chi connectivity index (χ0v) is 20.1. The molecule has 0 atom stereocenters. The maximum atomic E-state index is 12.3. The molecule has 32 heavy (non-hydrogen) atoms. The Bertz CT molecular complexity index is 1060. The van der Waals surface area contributed by atoms with Gasteiger partial charge in [0.15, 0.2) is 9.84 Å². The van der Waals surface area contributed by atoms with Gasteiger partial charge < -0.3 is 5.32 Å². The number of carbonyl (C=O) groups excluding carboxylic acids is 1. The van der Waals surface area contributed by atoms with Crippen LogP contribution < -0.4 is 5.32 Å². The average Bonchev–Trinajstić information content (AvgIpc) is 3.62.